The van der Waals surface area contributed by atoms with Crippen LogP contribution in [-0.2, 0) is 9.59 Å². The Bertz CT molecular complexity index is 679. The van der Waals surface area contributed by atoms with Crippen molar-refractivity contribution in [2.45, 2.75) is 36.1 Å². The van der Waals surface area contributed by atoms with E-state index in [9.17, 15) is 19.5 Å². The number of furan rings is 1. The summed E-state index contributed by atoms with van der Waals surface area (Å²) in [6, 6.07) is 1.45. The SMILES string of the molecule is CC1(C)S[C@@H]2[C@H](NC(=O)c3ccc(Br)o3)C(=O)N2[C@H]1C(=O)O.[Na]. The van der Waals surface area contributed by atoms with Crippen LogP contribution in [0.15, 0.2) is 21.2 Å². The molecule has 2 aliphatic heterocycles. The van der Waals surface area contributed by atoms with Gasteiger partial charge in [0.05, 0.1) is 0 Å². The second-order valence-electron chi connectivity index (χ2n) is 5.65. The van der Waals surface area contributed by atoms with Crippen molar-refractivity contribution < 1.29 is 23.9 Å². The molecule has 2 aliphatic rings. The Morgan fingerprint density at radius 1 is 1.43 bits per heavy atom. The molecule has 119 valence electrons. The minimum absolute atomic E-state index is 0. The largest absolute Gasteiger partial charge is 0.480 e. The van der Waals surface area contributed by atoms with E-state index in [1.54, 1.807) is 19.9 Å². The van der Waals surface area contributed by atoms with Gasteiger partial charge >= 0.3 is 5.97 Å². The van der Waals surface area contributed by atoms with E-state index in [1.807, 2.05) is 0 Å². The first-order valence-electron chi connectivity index (χ1n) is 6.51. The summed E-state index contributed by atoms with van der Waals surface area (Å²) >= 11 is 4.48. The van der Waals surface area contributed by atoms with Crippen LogP contribution >= 0.6 is 27.7 Å². The van der Waals surface area contributed by atoms with Gasteiger partial charge in [0.1, 0.15) is 17.5 Å². The molecule has 23 heavy (non-hydrogen) atoms. The van der Waals surface area contributed by atoms with Crippen LogP contribution < -0.4 is 5.32 Å². The van der Waals surface area contributed by atoms with Crippen LogP contribution in [0.5, 0.6) is 0 Å². The predicted molar refractivity (Wildman–Crippen MR) is 87.1 cm³/mol. The van der Waals surface area contributed by atoms with Gasteiger partial charge in [-0.3, -0.25) is 9.59 Å². The van der Waals surface area contributed by atoms with Crippen molar-refractivity contribution in [3.8, 4) is 0 Å². The fourth-order valence-corrected chi connectivity index (χ4v) is 4.73. The molecule has 0 aromatic carbocycles. The molecule has 0 aliphatic carbocycles. The van der Waals surface area contributed by atoms with Gasteiger partial charge in [-0.1, -0.05) is 0 Å². The fraction of sp³-hybridized carbons (Fsp3) is 0.462. The third kappa shape index (κ3) is 3.09. The Morgan fingerprint density at radius 2 is 2.09 bits per heavy atom. The van der Waals surface area contributed by atoms with Crippen molar-refractivity contribution in [3.63, 3.8) is 0 Å². The summed E-state index contributed by atoms with van der Waals surface area (Å²) < 4.78 is 4.95. The first-order valence-corrected chi connectivity index (χ1v) is 8.18. The number of amides is 2. The molecular formula is C13H13BrN2NaO5S. The first kappa shape index (κ1) is 18.9. The van der Waals surface area contributed by atoms with Gasteiger partial charge in [0.25, 0.3) is 5.91 Å². The summed E-state index contributed by atoms with van der Waals surface area (Å²) in [4.78, 5) is 37.0. The van der Waals surface area contributed by atoms with Crippen LogP contribution in [-0.4, -0.2) is 79.6 Å². The molecule has 2 saturated heterocycles. The van der Waals surface area contributed by atoms with Gasteiger partial charge in [-0.05, 0) is 41.9 Å². The number of nitrogens with zero attached hydrogens (tertiary/aromatic N) is 1. The van der Waals surface area contributed by atoms with Gasteiger partial charge in [0, 0.05) is 34.3 Å². The topological polar surface area (TPSA) is 99.9 Å². The Hall–Kier alpha value is -0.480. The Kier molecular flexibility index (Phi) is 5.28. The van der Waals surface area contributed by atoms with E-state index in [2.05, 4.69) is 21.2 Å². The normalized spacial score (nSPS) is 27.7. The number of thioether (sulfide) groups is 1. The number of carbonyl (C=O) groups is 3. The molecule has 10 heteroatoms. The molecule has 0 spiro atoms. The van der Waals surface area contributed by atoms with Crippen molar-refractivity contribution in [2.24, 2.45) is 0 Å². The van der Waals surface area contributed by atoms with Crippen LogP contribution in [0.1, 0.15) is 24.4 Å². The van der Waals surface area contributed by atoms with Crippen LogP contribution in [0.4, 0.5) is 0 Å². The first-order chi connectivity index (χ1) is 10.2. The van der Waals surface area contributed by atoms with Crippen LogP contribution in [0.25, 0.3) is 0 Å². The van der Waals surface area contributed by atoms with Crippen molar-refractivity contribution >= 4 is 75.0 Å². The summed E-state index contributed by atoms with van der Waals surface area (Å²) in [6.07, 6.45) is 0. The van der Waals surface area contributed by atoms with Gasteiger partial charge in [-0.15, -0.1) is 11.8 Å². The standard InChI is InChI=1S/C13H13BrN2O5S.Na/c1-13(2)8(12(19)20)16-10(18)7(11(16)22-13)15-9(17)5-3-4-6(14)21-5;/h3-4,7-8,11H,1-2H3,(H,15,17)(H,19,20);/t7-,8+,11-;/m1./s1. The Balaban J connectivity index is 0.00000192. The Morgan fingerprint density at radius 3 is 2.61 bits per heavy atom. The zero-order valence-corrected chi connectivity index (χ0v) is 17.1. The van der Waals surface area contributed by atoms with E-state index in [0.717, 1.165) is 0 Å². The summed E-state index contributed by atoms with van der Waals surface area (Å²) in [5, 5.41) is 11.6. The van der Waals surface area contributed by atoms with Gasteiger partial charge in [0.2, 0.25) is 5.91 Å². The zero-order valence-electron chi connectivity index (χ0n) is 12.7. The number of nitrogens with one attached hydrogen (secondary N) is 1. The van der Waals surface area contributed by atoms with Crippen LogP contribution in [0, 0.1) is 0 Å². The average Bonchev–Trinajstić information content (AvgIpc) is 2.95. The van der Waals surface area contributed by atoms with E-state index in [4.69, 9.17) is 4.42 Å². The third-order valence-electron chi connectivity index (χ3n) is 3.76. The quantitative estimate of drug-likeness (QED) is 0.566. The molecular weight excluding hydrogens is 399 g/mol. The minimum atomic E-state index is -1.03. The van der Waals surface area contributed by atoms with Crippen LogP contribution in [0.3, 0.4) is 0 Å². The predicted octanol–water partition coefficient (Wildman–Crippen LogP) is 0.907. The van der Waals surface area contributed by atoms with Crippen molar-refractivity contribution in [1.29, 1.82) is 0 Å². The molecule has 2 N–H and O–H groups in total. The molecule has 3 rings (SSSR count). The number of β-lactam (4-membered cyclic amide) rings is 1. The molecule has 2 fully saturated rings. The van der Waals surface area contributed by atoms with Crippen LogP contribution in [0.2, 0.25) is 0 Å². The average molecular weight is 412 g/mol. The molecule has 3 atom stereocenters. The summed E-state index contributed by atoms with van der Waals surface area (Å²) in [5.41, 5.74) is 0. The number of carboxylic acid groups (broad SMARTS) is 1. The number of rotatable bonds is 3. The molecule has 3 heterocycles. The second kappa shape index (κ2) is 6.44. The van der Waals surface area contributed by atoms with Gasteiger partial charge < -0.3 is 19.7 Å². The zero-order chi connectivity index (χ0) is 16.2. The number of fused-ring (bicyclic) bond motifs is 1. The minimum Gasteiger partial charge on any atom is -0.480 e. The van der Waals surface area contributed by atoms with E-state index in [0.29, 0.717) is 4.67 Å². The van der Waals surface area contributed by atoms with Crippen molar-refractivity contribution in [1.82, 2.24) is 10.2 Å². The fourth-order valence-electron chi connectivity index (χ4n) is 2.79. The second-order valence-corrected chi connectivity index (χ2v) is 8.21. The molecule has 0 bridgehead atoms. The van der Waals surface area contributed by atoms with E-state index in [1.165, 1.54) is 22.7 Å². The third-order valence-corrected chi connectivity index (χ3v) is 5.76. The summed E-state index contributed by atoms with van der Waals surface area (Å²) in [6.45, 7) is 3.56. The maximum Gasteiger partial charge on any atom is 0.327 e. The molecule has 1 radical (unpaired) electrons. The van der Waals surface area contributed by atoms with E-state index in [-0.39, 0.29) is 46.6 Å². The van der Waals surface area contributed by atoms with E-state index < -0.39 is 28.7 Å². The number of halogens is 1. The smallest absolute Gasteiger partial charge is 0.327 e. The monoisotopic (exact) mass is 411 g/mol. The maximum absolute atomic E-state index is 12.2. The van der Waals surface area contributed by atoms with Crippen molar-refractivity contribution in [3.05, 3.63) is 22.6 Å². The summed E-state index contributed by atoms with van der Waals surface area (Å²) in [5.74, 6) is -1.82. The number of carbonyl (C=O) groups excluding carboxylic acids is 2. The number of carboxylic acids is 1. The molecule has 7 nitrogen and oxygen atoms in total. The molecule has 1 aromatic rings. The molecule has 0 unspecified atom stereocenters. The van der Waals surface area contributed by atoms with Gasteiger partial charge in [0.15, 0.2) is 10.4 Å². The summed E-state index contributed by atoms with van der Waals surface area (Å²) in [7, 11) is 0. The van der Waals surface area contributed by atoms with Gasteiger partial charge in [-0.25, -0.2) is 4.79 Å². The molecule has 2 amide bonds. The number of aliphatic carboxylic acids is 1. The van der Waals surface area contributed by atoms with Gasteiger partial charge in [-0.2, -0.15) is 0 Å². The molecule has 0 saturated carbocycles. The van der Waals surface area contributed by atoms with E-state index >= 15 is 0 Å². The number of hydrogen-bond acceptors (Lipinski definition) is 5. The molecule has 1 aromatic heterocycles. The Labute approximate surface area is 166 Å². The maximum atomic E-state index is 12.2. The number of hydrogen-bond donors (Lipinski definition) is 2. The van der Waals surface area contributed by atoms with Crippen molar-refractivity contribution in [2.75, 3.05) is 0 Å².